The zero-order valence-corrected chi connectivity index (χ0v) is 13.7. The standard InChI is InChI=1S/C14H14Br2N2O/c1-2-17-9-10-4-3-7-18-14(10)19-13-6-5-11(15)8-12(13)16/h3-8,17H,2,9H2,1H3. The summed E-state index contributed by atoms with van der Waals surface area (Å²) in [6.07, 6.45) is 1.73. The maximum atomic E-state index is 5.87. The Hall–Kier alpha value is -0.910. The molecule has 100 valence electrons. The molecule has 0 saturated carbocycles. The van der Waals surface area contributed by atoms with Crippen LogP contribution in [0.15, 0.2) is 45.5 Å². The van der Waals surface area contributed by atoms with Gasteiger partial charge in [0.05, 0.1) is 4.47 Å². The summed E-state index contributed by atoms with van der Waals surface area (Å²) in [4.78, 5) is 4.30. The maximum Gasteiger partial charge on any atom is 0.223 e. The smallest absolute Gasteiger partial charge is 0.223 e. The van der Waals surface area contributed by atoms with E-state index in [1.54, 1.807) is 6.20 Å². The van der Waals surface area contributed by atoms with Crippen LogP contribution >= 0.6 is 31.9 Å². The molecule has 3 nitrogen and oxygen atoms in total. The van der Waals surface area contributed by atoms with Crippen LogP contribution in [0.25, 0.3) is 0 Å². The number of hydrogen-bond acceptors (Lipinski definition) is 3. The third-order valence-corrected chi connectivity index (χ3v) is 3.63. The quantitative estimate of drug-likeness (QED) is 0.822. The van der Waals surface area contributed by atoms with E-state index in [1.165, 1.54) is 0 Å². The van der Waals surface area contributed by atoms with E-state index >= 15 is 0 Å². The summed E-state index contributed by atoms with van der Waals surface area (Å²) in [7, 11) is 0. The van der Waals surface area contributed by atoms with E-state index in [9.17, 15) is 0 Å². The second kappa shape index (κ2) is 7.03. The zero-order chi connectivity index (χ0) is 13.7. The van der Waals surface area contributed by atoms with E-state index in [4.69, 9.17) is 4.74 Å². The second-order valence-corrected chi connectivity index (χ2v) is 5.69. The predicted molar refractivity (Wildman–Crippen MR) is 83.5 cm³/mol. The molecule has 0 saturated heterocycles. The van der Waals surface area contributed by atoms with Gasteiger partial charge in [0.15, 0.2) is 0 Å². The van der Waals surface area contributed by atoms with E-state index in [0.717, 1.165) is 33.3 Å². The van der Waals surface area contributed by atoms with Gasteiger partial charge in [0.25, 0.3) is 0 Å². The van der Waals surface area contributed by atoms with Gasteiger partial charge in [-0.2, -0.15) is 0 Å². The Balaban J connectivity index is 2.22. The van der Waals surface area contributed by atoms with Crippen LogP contribution in [0, 0.1) is 0 Å². The van der Waals surface area contributed by atoms with Crippen LogP contribution in [0.3, 0.4) is 0 Å². The van der Waals surface area contributed by atoms with Crippen LogP contribution in [-0.2, 0) is 6.54 Å². The first-order valence-electron chi connectivity index (χ1n) is 5.98. The highest BCUT2D eigenvalue weighted by Crippen LogP contribution is 2.32. The lowest BCUT2D eigenvalue weighted by atomic mass is 10.2. The third kappa shape index (κ3) is 4.03. The molecule has 5 heteroatoms. The number of benzene rings is 1. The highest BCUT2D eigenvalue weighted by molar-refractivity contribution is 9.11. The highest BCUT2D eigenvalue weighted by Gasteiger charge is 2.08. The van der Waals surface area contributed by atoms with E-state index in [-0.39, 0.29) is 0 Å². The molecule has 1 heterocycles. The van der Waals surface area contributed by atoms with Gasteiger partial charge in [-0.25, -0.2) is 4.98 Å². The fraction of sp³-hybridized carbons (Fsp3) is 0.214. The number of hydrogen-bond donors (Lipinski definition) is 1. The molecule has 1 aromatic heterocycles. The van der Waals surface area contributed by atoms with Crippen LogP contribution in [0.5, 0.6) is 11.6 Å². The summed E-state index contributed by atoms with van der Waals surface area (Å²) in [6, 6.07) is 9.71. The van der Waals surface area contributed by atoms with Crippen LogP contribution in [0.4, 0.5) is 0 Å². The molecule has 1 aromatic carbocycles. The fourth-order valence-electron chi connectivity index (χ4n) is 1.57. The third-order valence-electron chi connectivity index (χ3n) is 2.52. The molecule has 0 atom stereocenters. The lowest BCUT2D eigenvalue weighted by Gasteiger charge is -2.11. The summed E-state index contributed by atoms with van der Waals surface area (Å²) in [5, 5.41) is 3.28. The van der Waals surface area contributed by atoms with Crippen LogP contribution in [0.1, 0.15) is 12.5 Å². The van der Waals surface area contributed by atoms with Crippen molar-refractivity contribution in [3.05, 3.63) is 51.0 Å². The molecule has 0 bridgehead atoms. The summed E-state index contributed by atoms with van der Waals surface area (Å²) >= 11 is 6.90. The van der Waals surface area contributed by atoms with Crippen molar-refractivity contribution in [3.8, 4) is 11.6 Å². The lowest BCUT2D eigenvalue weighted by molar-refractivity contribution is 0.450. The zero-order valence-electron chi connectivity index (χ0n) is 10.5. The Bertz CT molecular complexity index is 561. The number of ether oxygens (including phenoxy) is 1. The maximum absolute atomic E-state index is 5.87. The molecule has 0 aliphatic carbocycles. The van der Waals surface area contributed by atoms with Gasteiger partial charge in [0.1, 0.15) is 5.75 Å². The number of nitrogens with zero attached hydrogens (tertiary/aromatic N) is 1. The number of pyridine rings is 1. The molecule has 0 aliphatic heterocycles. The van der Waals surface area contributed by atoms with Gasteiger partial charge in [-0.1, -0.05) is 28.9 Å². The van der Waals surface area contributed by atoms with E-state index in [2.05, 4.69) is 49.1 Å². The molecule has 0 fully saturated rings. The molecule has 0 unspecified atom stereocenters. The van der Waals surface area contributed by atoms with Crippen molar-refractivity contribution in [2.24, 2.45) is 0 Å². The second-order valence-electron chi connectivity index (χ2n) is 3.92. The van der Waals surface area contributed by atoms with Crippen molar-refractivity contribution in [1.82, 2.24) is 10.3 Å². The summed E-state index contributed by atoms with van der Waals surface area (Å²) in [6.45, 7) is 3.73. The van der Waals surface area contributed by atoms with Crippen molar-refractivity contribution in [3.63, 3.8) is 0 Å². The lowest BCUT2D eigenvalue weighted by Crippen LogP contribution is -2.12. The van der Waals surface area contributed by atoms with Crippen LogP contribution in [0.2, 0.25) is 0 Å². The molecule has 0 spiro atoms. The van der Waals surface area contributed by atoms with Gasteiger partial charge in [-0.15, -0.1) is 0 Å². The first kappa shape index (κ1) is 14.5. The minimum absolute atomic E-state index is 0.631. The van der Waals surface area contributed by atoms with Gasteiger partial charge in [-0.05, 0) is 46.7 Å². The summed E-state index contributed by atoms with van der Waals surface area (Å²) in [5.74, 6) is 1.38. The Morgan fingerprint density at radius 1 is 1.26 bits per heavy atom. The van der Waals surface area contributed by atoms with Gasteiger partial charge in [-0.3, -0.25) is 0 Å². The Morgan fingerprint density at radius 3 is 2.84 bits per heavy atom. The van der Waals surface area contributed by atoms with Gasteiger partial charge in [0, 0.05) is 22.8 Å². The minimum atomic E-state index is 0.631. The molecule has 0 radical (unpaired) electrons. The van der Waals surface area contributed by atoms with Crippen molar-refractivity contribution in [2.75, 3.05) is 6.54 Å². The molecular formula is C14H14Br2N2O. The number of aromatic nitrogens is 1. The van der Waals surface area contributed by atoms with Crippen molar-refractivity contribution in [1.29, 1.82) is 0 Å². The van der Waals surface area contributed by atoms with Crippen molar-refractivity contribution < 1.29 is 4.74 Å². The molecule has 0 amide bonds. The largest absolute Gasteiger partial charge is 0.438 e. The van der Waals surface area contributed by atoms with Crippen LogP contribution < -0.4 is 10.1 Å². The Labute approximate surface area is 129 Å². The van der Waals surface area contributed by atoms with Gasteiger partial charge in [0.2, 0.25) is 5.88 Å². The first-order chi connectivity index (χ1) is 9.20. The summed E-state index contributed by atoms with van der Waals surface area (Å²) < 4.78 is 7.76. The van der Waals surface area contributed by atoms with E-state index in [0.29, 0.717) is 5.88 Å². The molecular weight excluding hydrogens is 372 g/mol. The summed E-state index contributed by atoms with van der Waals surface area (Å²) in [5.41, 5.74) is 1.04. The number of nitrogens with one attached hydrogen (secondary N) is 1. The van der Waals surface area contributed by atoms with Crippen LogP contribution in [-0.4, -0.2) is 11.5 Å². The molecule has 2 aromatic rings. The molecule has 0 aliphatic rings. The average Bonchev–Trinajstić information content (AvgIpc) is 2.41. The Kier molecular flexibility index (Phi) is 5.36. The van der Waals surface area contributed by atoms with Crippen molar-refractivity contribution >= 4 is 31.9 Å². The Morgan fingerprint density at radius 2 is 2.11 bits per heavy atom. The highest BCUT2D eigenvalue weighted by atomic mass is 79.9. The molecule has 2 rings (SSSR count). The molecule has 1 N–H and O–H groups in total. The van der Waals surface area contributed by atoms with Gasteiger partial charge >= 0.3 is 0 Å². The topological polar surface area (TPSA) is 34.2 Å². The average molecular weight is 386 g/mol. The van der Waals surface area contributed by atoms with Crippen molar-refractivity contribution in [2.45, 2.75) is 13.5 Å². The van der Waals surface area contributed by atoms with Gasteiger partial charge < -0.3 is 10.1 Å². The van der Waals surface area contributed by atoms with E-state index < -0.39 is 0 Å². The predicted octanol–water partition coefficient (Wildman–Crippen LogP) is 4.51. The van der Waals surface area contributed by atoms with E-state index in [1.807, 2.05) is 30.3 Å². The number of halogens is 2. The molecule has 19 heavy (non-hydrogen) atoms. The number of rotatable bonds is 5. The minimum Gasteiger partial charge on any atom is -0.438 e. The SMILES string of the molecule is CCNCc1cccnc1Oc1ccc(Br)cc1Br. The monoisotopic (exact) mass is 384 g/mol. The normalized spacial score (nSPS) is 10.5. The first-order valence-corrected chi connectivity index (χ1v) is 7.57. The fourth-order valence-corrected chi connectivity index (χ4v) is 2.70.